The number of halogens is 3. The molecule has 0 saturated heterocycles. The van der Waals surface area contributed by atoms with Gasteiger partial charge in [0.15, 0.2) is 0 Å². The summed E-state index contributed by atoms with van der Waals surface area (Å²) in [5.74, 6) is -1.29. The van der Waals surface area contributed by atoms with E-state index < -0.39 is 12.1 Å². The number of hydrogen-bond donors (Lipinski definition) is 2. The van der Waals surface area contributed by atoms with Crippen LogP contribution in [-0.2, 0) is 4.79 Å². The molecular weight excluding hydrogens is 407 g/mol. The van der Waals surface area contributed by atoms with Crippen molar-refractivity contribution in [2.75, 3.05) is 18.1 Å². The predicted molar refractivity (Wildman–Crippen MR) is 114 cm³/mol. The summed E-state index contributed by atoms with van der Waals surface area (Å²) in [6.45, 7) is -0.418. The van der Waals surface area contributed by atoms with Crippen LogP contribution in [0.4, 0.5) is 18.9 Å². The number of carbonyl (C=O) groups excluding carboxylic acids is 1. The third-order valence-electron chi connectivity index (χ3n) is 5.50. The molecule has 2 aromatic rings. The first-order chi connectivity index (χ1) is 14.8. The first-order valence-electron chi connectivity index (χ1n) is 10.3. The van der Waals surface area contributed by atoms with Crippen molar-refractivity contribution in [3.05, 3.63) is 59.7 Å². The maximum Gasteiger partial charge on any atom is 0.471 e. The number of anilines is 1. The van der Waals surface area contributed by atoms with Gasteiger partial charge in [-0.2, -0.15) is 13.2 Å². The molecule has 3 N–H and O–H groups in total. The molecule has 31 heavy (non-hydrogen) atoms. The van der Waals surface area contributed by atoms with Gasteiger partial charge < -0.3 is 15.4 Å². The number of rotatable bonds is 7. The van der Waals surface area contributed by atoms with Gasteiger partial charge in [-0.25, -0.2) is 0 Å². The standard InChI is InChI=1S/C23H26F3N3O2/c24-23(25,26)22(30)29(13-14-31-20-8-4-7-18(15-20)21(27)28)19-11-9-17(10-12-19)16-5-2-1-3-6-16/h4,7-12,15-16H,1-3,5-6,13-14H2,(H3,27,28). The van der Waals surface area contributed by atoms with Crippen molar-refractivity contribution in [2.24, 2.45) is 5.73 Å². The van der Waals surface area contributed by atoms with Crippen LogP contribution < -0.4 is 15.4 Å². The van der Waals surface area contributed by atoms with Crippen LogP contribution >= 0.6 is 0 Å². The summed E-state index contributed by atoms with van der Waals surface area (Å²) in [7, 11) is 0. The zero-order chi connectivity index (χ0) is 22.4. The number of ether oxygens (including phenoxy) is 1. The van der Waals surface area contributed by atoms with Gasteiger partial charge >= 0.3 is 12.1 Å². The topological polar surface area (TPSA) is 79.4 Å². The maximum atomic E-state index is 13.2. The summed E-state index contributed by atoms with van der Waals surface area (Å²) in [6.07, 6.45) is 0.713. The molecule has 8 heteroatoms. The molecule has 0 aromatic heterocycles. The van der Waals surface area contributed by atoms with Gasteiger partial charge in [-0.3, -0.25) is 10.2 Å². The molecule has 0 heterocycles. The minimum atomic E-state index is -4.99. The van der Waals surface area contributed by atoms with E-state index in [1.165, 1.54) is 12.5 Å². The summed E-state index contributed by atoms with van der Waals surface area (Å²) in [5.41, 5.74) is 7.16. The second-order valence-corrected chi connectivity index (χ2v) is 7.67. The molecule has 1 aliphatic rings. The lowest BCUT2D eigenvalue weighted by molar-refractivity contribution is -0.170. The summed E-state index contributed by atoms with van der Waals surface area (Å²) in [5, 5.41) is 7.45. The van der Waals surface area contributed by atoms with E-state index in [-0.39, 0.29) is 24.7 Å². The fourth-order valence-corrected chi connectivity index (χ4v) is 3.87. The van der Waals surface area contributed by atoms with Gasteiger partial charge in [0.2, 0.25) is 0 Å². The molecule has 166 valence electrons. The molecule has 1 fully saturated rings. The van der Waals surface area contributed by atoms with Crippen LogP contribution in [0, 0.1) is 5.41 Å². The van der Waals surface area contributed by atoms with E-state index >= 15 is 0 Å². The molecule has 0 radical (unpaired) electrons. The van der Waals surface area contributed by atoms with Crippen LogP contribution in [0.1, 0.15) is 49.1 Å². The highest BCUT2D eigenvalue weighted by atomic mass is 19.4. The first kappa shape index (κ1) is 22.7. The van der Waals surface area contributed by atoms with Crippen LogP contribution in [0.15, 0.2) is 48.5 Å². The largest absolute Gasteiger partial charge is 0.492 e. The summed E-state index contributed by atoms with van der Waals surface area (Å²) < 4.78 is 45.0. The van der Waals surface area contributed by atoms with Crippen LogP contribution in [0.3, 0.4) is 0 Å². The monoisotopic (exact) mass is 433 g/mol. The number of nitrogen functional groups attached to an aromatic ring is 1. The van der Waals surface area contributed by atoms with Crippen LogP contribution in [-0.4, -0.2) is 31.1 Å². The van der Waals surface area contributed by atoms with Gasteiger partial charge in [-0.15, -0.1) is 0 Å². The molecule has 0 spiro atoms. The van der Waals surface area contributed by atoms with E-state index in [1.807, 2.05) is 12.1 Å². The third-order valence-corrected chi connectivity index (χ3v) is 5.50. The molecule has 3 rings (SSSR count). The second kappa shape index (κ2) is 9.85. The fourth-order valence-electron chi connectivity index (χ4n) is 3.87. The van der Waals surface area contributed by atoms with Crippen molar-refractivity contribution >= 4 is 17.4 Å². The lowest BCUT2D eigenvalue weighted by atomic mass is 9.84. The predicted octanol–water partition coefficient (Wildman–Crippen LogP) is 4.99. The highest BCUT2D eigenvalue weighted by molar-refractivity contribution is 5.97. The van der Waals surface area contributed by atoms with Gasteiger partial charge in [0, 0.05) is 11.3 Å². The van der Waals surface area contributed by atoms with Crippen molar-refractivity contribution < 1.29 is 22.7 Å². The molecule has 0 aliphatic heterocycles. The van der Waals surface area contributed by atoms with Gasteiger partial charge in [-0.05, 0) is 48.6 Å². The van der Waals surface area contributed by atoms with Crippen LogP contribution in [0.2, 0.25) is 0 Å². The van der Waals surface area contributed by atoms with Gasteiger partial charge in [0.05, 0.1) is 6.54 Å². The van der Waals surface area contributed by atoms with Crippen LogP contribution in [0.25, 0.3) is 0 Å². The minimum absolute atomic E-state index is 0.141. The lowest BCUT2D eigenvalue weighted by Crippen LogP contribution is -2.43. The third kappa shape index (κ3) is 5.99. The minimum Gasteiger partial charge on any atom is -0.492 e. The van der Waals surface area contributed by atoms with Crippen molar-refractivity contribution in [3.63, 3.8) is 0 Å². The molecule has 0 unspecified atom stereocenters. The number of amidine groups is 1. The first-order valence-corrected chi connectivity index (χ1v) is 10.3. The average molecular weight is 433 g/mol. The Balaban J connectivity index is 1.71. The zero-order valence-electron chi connectivity index (χ0n) is 17.1. The lowest BCUT2D eigenvalue weighted by Gasteiger charge is -2.26. The van der Waals surface area contributed by atoms with E-state index in [4.69, 9.17) is 15.9 Å². The molecule has 1 amide bonds. The molecule has 1 saturated carbocycles. The Morgan fingerprint density at radius 2 is 1.77 bits per heavy atom. The quantitative estimate of drug-likeness (QED) is 0.477. The number of amides is 1. The Hall–Kier alpha value is -3.03. The Labute approximate surface area is 179 Å². The number of nitrogens with zero attached hydrogens (tertiary/aromatic N) is 1. The van der Waals surface area contributed by atoms with E-state index in [0.717, 1.165) is 31.2 Å². The smallest absolute Gasteiger partial charge is 0.471 e. The van der Waals surface area contributed by atoms with E-state index in [2.05, 4.69) is 0 Å². The number of hydrogen-bond acceptors (Lipinski definition) is 3. The molecule has 5 nitrogen and oxygen atoms in total. The normalized spacial score (nSPS) is 14.8. The van der Waals surface area contributed by atoms with Crippen molar-refractivity contribution in [1.82, 2.24) is 0 Å². The number of benzene rings is 2. The van der Waals surface area contributed by atoms with Crippen molar-refractivity contribution in [2.45, 2.75) is 44.2 Å². The Bertz CT molecular complexity index is 907. The summed E-state index contributed by atoms with van der Waals surface area (Å²) in [4.78, 5) is 12.7. The maximum absolute atomic E-state index is 13.2. The van der Waals surface area contributed by atoms with Gasteiger partial charge in [-0.1, -0.05) is 43.5 Å². The number of alkyl halides is 3. The molecular formula is C23H26F3N3O2. The van der Waals surface area contributed by atoms with Gasteiger partial charge in [0.25, 0.3) is 0 Å². The Morgan fingerprint density at radius 3 is 2.39 bits per heavy atom. The molecule has 2 aromatic carbocycles. The van der Waals surface area contributed by atoms with E-state index in [0.29, 0.717) is 22.1 Å². The average Bonchev–Trinajstić information content (AvgIpc) is 2.77. The zero-order valence-corrected chi connectivity index (χ0v) is 17.1. The molecule has 0 atom stereocenters. The highest BCUT2D eigenvalue weighted by Gasteiger charge is 2.43. The van der Waals surface area contributed by atoms with Gasteiger partial charge in [0.1, 0.15) is 18.2 Å². The summed E-state index contributed by atoms with van der Waals surface area (Å²) in [6, 6.07) is 13.2. The van der Waals surface area contributed by atoms with Crippen LogP contribution in [0.5, 0.6) is 5.75 Å². The Morgan fingerprint density at radius 1 is 1.10 bits per heavy atom. The van der Waals surface area contributed by atoms with E-state index in [9.17, 15) is 18.0 Å². The number of nitrogens with one attached hydrogen (secondary N) is 1. The van der Waals surface area contributed by atoms with Crippen molar-refractivity contribution in [1.29, 1.82) is 5.41 Å². The highest BCUT2D eigenvalue weighted by Crippen LogP contribution is 2.34. The molecule has 0 bridgehead atoms. The molecule has 1 aliphatic carbocycles. The summed E-state index contributed by atoms with van der Waals surface area (Å²) >= 11 is 0. The van der Waals surface area contributed by atoms with Crippen molar-refractivity contribution in [3.8, 4) is 5.75 Å². The SMILES string of the molecule is N=C(N)c1cccc(OCCN(C(=O)C(F)(F)F)c2ccc(C3CCCCC3)cc2)c1. The number of carbonyl (C=O) groups is 1. The van der Waals surface area contributed by atoms with E-state index in [1.54, 1.807) is 30.3 Å². The second-order valence-electron chi connectivity index (χ2n) is 7.67. The fraction of sp³-hybridized carbons (Fsp3) is 0.391. The Kier molecular flexibility index (Phi) is 7.20. The number of nitrogens with two attached hydrogens (primary N) is 1.